The van der Waals surface area contributed by atoms with E-state index in [1.807, 2.05) is 44.1 Å². The maximum atomic E-state index is 11.3. The fraction of sp³-hybridized carbons (Fsp3) is 0.364. The van der Waals surface area contributed by atoms with Crippen molar-refractivity contribution in [2.24, 2.45) is 0 Å². The van der Waals surface area contributed by atoms with Crippen molar-refractivity contribution in [3.05, 3.63) is 23.8 Å². The molecule has 0 spiro atoms. The number of hydrogen-bond donors (Lipinski definition) is 0. The summed E-state index contributed by atoms with van der Waals surface area (Å²) in [6.45, 7) is 1.86. The summed E-state index contributed by atoms with van der Waals surface area (Å²) in [7, 11) is 3.92. The summed E-state index contributed by atoms with van der Waals surface area (Å²) in [6, 6.07) is 5.86. The molecule has 1 aromatic rings. The normalized spacial score (nSPS) is 19.1. The second kappa shape index (κ2) is 3.01. The Balaban J connectivity index is 2.44. The van der Waals surface area contributed by atoms with Crippen LogP contribution in [0.25, 0.3) is 0 Å². The minimum absolute atomic E-state index is 0.124. The van der Waals surface area contributed by atoms with Crippen molar-refractivity contribution in [1.29, 1.82) is 0 Å². The first-order valence-electron chi connectivity index (χ1n) is 4.62. The van der Waals surface area contributed by atoms with Gasteiger partial charge in [0.2, 0.25) is 0 Å². The van der Waals surface area contributed by atoms with Gasteiger partial charge in [-0.25, -0.2) is 0 Å². The van der Waals surface area contributed by atoms with Gasteiger partial charge in [-0.05, 0) is 13.0 Å². The molecule has 0 fully saturated rings. The number of fused-ring (bicyclic) bond motifs is 1. The number of hydrogen-bond acceptors (Lipinski definition) is 3. The summed E-state index contributed by atoms with van der Waals surface area (Å²) in [4.78, 5) is 13.3. The Morgan fingerprint density at radius 3 is 2.71 bits per heavy atom. The Labute approximate surface area is 83.3 Å². The number of rotatable bonds is 1. The maximum Gasteiger partial charge on any atom is 0.318 e. The lowest BCUT2D eigenvalue weighted by molar-refractivity contribution is -0.133. The Bertz CT molecular complexity index is 385. The van der Waals surface area contributed by atoms with Crippen LogP contribution in [0.3, 0.4) is 0 Å². The first-order chi connectivity index (χ1) is 6.59. The third-order valence-electron chi connectivity index (χ3n) is 2.54. The molecule has 14 heavy (non-hydrogen) atoms. The van der Waals surface area contributed by atoms with Crippen LogP contribution in [0.1, 0.15) is 18.4 Å². The summed E-state index contributed by atoms with van der Waals surface area (Å²) < 4.78 is 5.14. The van der Waals surface area contributed by atoms with Crippen molar-refractivity contribution in [2.75, 3.05) is 19.0 Å². The maximum absolute atomic E-state index is 11.3. The predicted molar refractivity (Wildman–Crippen MR) is 54.8 cm³/mol. The molecule has 1 aromatic carbocycles. The van der Waals surface area contributed by atoms with Crippen LogP contribution in [0.5, 0.6) is 5.75 Å². The Morgan fingerprint density at radius 2 is 2.07 bits per heavy atom. The molecule has 74 valence electrons. The third-order valence-corrected chi connectivity index (χ3v) is 2.54. The summed E-state index contributed by atoms with van der Waals surface area (Å²) in [5, 5.41) is 0. The van der Waals surface area contributed by atoms with Crippen LogP contribution < -0.4 is 9.64 Å². The molecule has 3 nitrogen and oxygen atoms in total. The number of anilines is 1. The molecule has 0 saturated heterocycles. The fourth-order valence-corrected chi connectivity index (χ4v) is 1.57. The van der Waals surface area contributed by atoms with Gasteiger partial charge in [0.05, 0.1) is 5.92 Å². The smallest absolute Gasteiger partial charge is 0.318 e. The number of ether oxygens (including phenoxy) is 1. The Morgan fingerprint density at radius 1 is 1.36 bits per heavy atom. The Hall–Kier alpha value is -1.51. The van der Waals surface area contributed by atoms with Crippen LogP contribution in [0, 0.1) is 0 Å². The zero-order valence-electron chi connectivity index (χ0n) is 8.57. The zero-order valence-corrected chi connectivity index (χ0v) is 8.57. The average Bonchev–Trinajstić information content (AvgIpc) is 2.42. The minimum Gasteiger partial charge on any atom is -0.426 e. The summed E-state index contributed by atoms with van der Waals surface area (Å²) >= 11 is 0. The van der Waals surface area contributed by atoms with E-state index in [4.69, 9.17) is 4.74 Å². The van der Waals surface area contributed by atoms with Crippen molar-refractivity contribution in [2.45, 2.75) is 12.8 Å². The third kappa shape index (κ3) is 1.25. The molecule has 2 rings (SSSR count). The van der Waals surface area contributed by atoms with Gasteiger partial charge < -0.3 is 9.64 Å². The van der Waals surface area contributed by atoms with Crippen LogP contribution in [0.4, 0.5) is 5.69 Å². The lowest BCUT2D eigenvalue weighted by Gasteiger charge is -2.12. The highest BCUT2D eigenvalue weighted by molar-refractivity contribution is 5.86. The SMILES string of the molecule is CC1C(=O)Oc2cc(N(C)C)ccc21. The Kier molecular flexibility index (Phi) is 1.95. The number of nitrogens with zero attached hydrogens (tertiary/aromatic N) is 1. The molecular weight excluding hydrogens is 178 g/mol. The van der Waals surface area contributed by atoms with Gasteiger partial charge >= 0.3 is 5.97 Å². The monoisotopic (exact) mass is 191 g/mol. The van der Waals surface area contributed by atoms with Crippen molar-refractivity contribution in [3.63, 3.8) is 0 Å². The molecular formula is C11H13NO2. The van der Waals surface area contributed by atoms with Gasteiger partial charge in [-0.3, -0.25) is 4.79 Å². The molecule has 1 unspecified atom stereocenters. The molecule has 3 heteroatoms. The van der Waals surface area contributed by atoms with Gasteiger partial charge in [-0.15, -0.1) is 0 Å². The molecule has 0 bridgehead atoms. The van der Waals surface area contributed by atoms with E-state index < -0.39 is 0 Å². The van der Waals surface area contributed by atoms with Crippen molar-refractivity contribution in [1.82, 2.24) is 0 Å². The lowest BCUT2D eigenvalue weighted by atomic mass is 10.0. The predicted octanol–water partition coefficient (Wildman–Crippen LogP) is 1.78. The van der Waals surface area contributed by atoms with Crippen molar-refractivity contribution < 1.29 is 9.53 Å². The molecule has 1 aliphatic rings. The van der Waals surface area contributed by atoms with E-state index in [1.54, 1.807) is 0 Å². The van der Waals surface area contributed by atoms with Gasteiger partial charge in [0.15, 0.2) is 0 Å². The topological polar surface area (TPSA) is 29.5 Å². The van der Waals surface area contributed by atoms with E-state index in [0.29, 0.717) is 5.75 Å². The van der Waals surface area contributed by atoms with E-state index in [0.717, 1.165) is 11.3 Å². The molecule has 1 aliphatic heterocycles. The zero-order chi connectivity index (χ0) is 10.3. The molecule has 0 saturated carbocycles. The lowest BCUT2D eigenvalue weighted by Crippen LogP contribution is -2.08. The number of esters is 1. The highest BCUT2D eigenvalue weighted by atomic mass is 16.5. The minimum atomic E-state index is -0.157. The van der Waals surface area contributed by atoms with Crippen molar-refractivity contribution >= 4 is 11.7 Å². The molecule has 0 aliphatic carbocycles. The second-order valence-corrected chi connectivity index (χ2v) is 3.76. The van der Waals surface area contributed by atoms with Crippen LogP contribution in [0.15, 0.2) is 18.2 Å². The summed E-state index contributed by atoms with van der Waals surface area (Å²) in [5.74, 6) is 0.422. The van der Waals surface area contributed by atoms with Crippen LogP contribution in [-0.2, 0) is 4.79 Å². The molecule has 0 aromatic heterocycles. The quantitative estimate of drug-likeness (QED) is 0.500. The van der Waals surface area contributed by atoms with Gasteiger partial charge in [0, 0.05) is 31.4 Å². The van der Waals surface area contributed by atoms with Gasteiger partial charge in [-0.2, -0.15) is 0 Å². The standard InChI is InChI=1S/C11H13NO2/c1-7-9-5-4-8(12(2)3)6-10(9)14-11(7)13/h4-7H,1-3H3. The summed E-state index contributed by atoms with van der Waals surface area (Å²) in [5.41, 5.74) is 2.03. The largest absolute Gasteiger partial charge is 0.426 e. The second-order valence-electron chi connectivity index (χ2n) is 3.76. The van der Waals surface area contributed by atoms with Gasteiger partial charge in [0.25, 0.3) is 0 Å². The van der Waals surface area contributed by atoms with Crippen LogP contribution in [0.2, 0.25) is 0 Å². The van der Waals surface area contributed by atoms with Crippen molar-refractivity contribution in [3.8, 4) is 5.75 Å². The fourth-order valence-electron chi connectivity index (χ4n) is 1.57. The highest BCUT2D eigenvalue weighted by Gasteiger charge is 2.29. The van der Waals surface area contributed by atoms with E-state index in [9.17, 15) is 4.79 Å². The first-order valence-corrected chi connectivity index (χ1v) is 4.62. The summed E-state index contributed by atoms with van der Waals surface area (Å²) in [6.07, 6.45) is 0. The average molecular weight is 191 g/mol. The van der Waals surface area contributed by atoms with E-state index in [2.05, 4.69) is 0 Å². The molecule has 0 amide bonds. The van der Waals surface area contributed by atoms with E-state index in [1.165, 1.54) is 0 Å². The van der Waals surface area contributed by atoms with Gasteiger partial charge in [-0.1, -0.05) is 6.07 Å². The molecule has 0 radical (unpaired) electrons. The number of carbonyl (C=O) groups is 1. The molecule has 1 heterocycles. The van der Waals surface area contributed by atoms with E-state index >= 15 is 0 Å². The number of carbonyl (C=O) groups excluding carboxylic acids is 1. The first kappa shape index (κ1) is 9.06. The van der Waals surface area contributed by atoms with Gasteiger partial charge in [0.1, 0.15) is 5.75 Å². The van der Waals surface area contributed by atoms with Crippen LogP contribution in [-0.4, -0.2) is 20.1 Å². The number of benzene rings is 1. The van der Waals surface area contributed by atoms with E-state index in [-0.39, 0.29) is 11.9 Å². The highest BCUT2D eigenvalue weighted by Crippen LogP contribution is 2.36. The van der Waals surface area contributed by atoms with Crippen LogP contribution >= 0.6 is 0 Å². The molecule has 0 N–H and O–H groups in total. The molecule has 1 atom stereocenters.